The lowest BCUT2D eigenvalue weighted by Gasteiger charge is -2.26. The second kappa shape index (κ2) is 7.68. The van der Waals surface area contributed by atoms with Crippen LogP contribution in [-0.2, 0) is 25.9 Å². The summed E-state index contributed by atoms with van der Waals surface area (Å²) < 4.78 is 17.4. The molecular formula is C19H21NO3Si. The maximum Gasteiger partial charge on any atom is 0.505 e. The van der Waals surface area contributed by atoms with E-state index < -0.39 is 8.80 Å². The molecule has 0 aliphatic heterocycles. The van der Waals surface area contributed by atoms with Crippen molar-refractivity contribution in [1.82, 2.24) is 4.98 Å². The lowest BCUT2D eigenvalue weighted by Crippen LogP contribution is -2.46. The van der Waals surface area contributed by atoms with Gasteiger partial charge in [0, 0.05) is 25.6 Å². The van der Waals surface area contributed by atoms with Gasteiger partial charge in [-0.1, -0.05) is 54.6 Å². The van der Waals surface area contributed by atoms with Crippen molar-refractivity contribution in [2.45, 2.75) is 12.7 Å². The Labute approximate surface area is 143 Å². The molecule has 1 heterocycles. The molecule has 0 radical (unpaired) electrons. The highest BCUT2D eigenvalue weighted by atomic mass is 28.4. The van der Waals surface area contributed by atoms with Crippen molar-refractivity contribution in [2.24, 2.45) is 0 Å². The van der Waals surface area contributed by atoms with Crippen LogP contribution in [0.1, 0.15) is 11.3 Å². The van der Waals surface area contributed by atoms with Gasteiger partial charge < -0.3 is 13.3 Å². The van der Waals surface area contributed by atoms with E-state index >= 15 is 0 Å². The summed E-state index contributed by atoms with van der Waals surface area (Å²) in [6.45, 7) is 0.367. The average Bonchev–Trinajstić information content (AvgIpc) is 2.66. The minimum atomic E-state index is -2.77. The first-order chi connectivity index (χ1) is 11.7. The van der Waals surface area contributed by atoms with E-state index in [0.29, 0.717) is 12.7 Å². The molecule has 3 aromatic rings. The second-order valence-corrected chi connectivity index (χ2v) is 8.36. The van der Waals surface area contributed by atoms with Crippen molar-refractivity contribution < 1.29 is 13.3 Å². The third-order valence-corrected chi connectivity index (χ3v) is 6.65. The van der Waals surface area contributed by atoms with E-state index in [0.717, 1.165) is 22.2 Å². The summed E-state index contributed by atoms with van der Waals surface area (Å²) in [5, 5.41) is 1.12. The normalized spacial score (nSPS) is 11.8. The van der Waals surface area contributed by atoms with E-state index in [1.165, 1.54) is 0 Å². The van der Waals surface area contributed by atoms with E-state index in [-0.39, 0.29) is 0 Å². The standard InChI is InChI=1S/C19H21NO3Si/c1-21-24(22-2,15-16-8-4-3-5-9-16)23-14-18-13-12-17-10-6-7-11-19(17)20-18/h3-13H,14-15H2,1-2H3. The Hall–Kier alpha value is -2.05. The van der Waals surface area contributed by atoms with E-state index in [1.807, 2.05) is 48.5 Å². The Morgan fingerprint density at radius 2 is 1.54 bits per heavy atom. The van der Waals surface area contributed by atoms with Gasteiger partial charge in [-0.3, -0.25) is 4.98 Å². The number of para-hydroxylation sites is 1. The first-order valence-electron chi connectivity index (χ1n) is 7.87. The number of hydrogen-bond donors (Lipinski definition) is 0. The van der Waals surface area contributed by atoms with Crippen molar-refractivity contribution in [2.75, 3.05) is 14.2 Å². The number of aromatic nitrogens is 1. The molecule has 3 rings (SSSR count). The molecule has 0 N–H and O–H groups in total. The first kappa shape index (κ1) is 16.8. The third-order valence-electron chi connectivity index (χ3n) is 3.98. The molecule has 0 aliphatic rings. The lowest BCUT2D eigenvalue weighted by molar-refractivity contribution is 0.0893. The smallest absolute Gasteiger partial charge is 0.377 e. The highest BCUT2D eigenvalue weighted by molar-refractivity contribution is 6.60. The molecule has 0 bridgehead atoms. The lowest BCUT2D eigenvalue weighted by atomic mass is 10.2. The molecule has 0 saturated carbocycles. The Balaban J connectivity index is 1.75. The Kier molecular flexibility index (Phi) is 5.37. The summed E-state index contributed by atoms with van der Waals surface area (Å²) in [6, 6.07) is 22.8. The minimum absolute atomic E-state index is 0.367. The van der Waals surface area contributed by atoms with Crippen LogP contribution in [0.5, 0.6) is 0 Å². The topological polar surface area (TPSA) is 40.6 Å². The molecule has 0 unspecified atom stereocenters. The summed E-state index contributed by atoms with van der Waals surface area (Å²) >= 11 is 0. The number of rotatable bonds is 7. The fourth-order valence-electron chi connectivity index (χ4n) is 2.61. The zero-order chi connectivity index (χ0) is 16.8. The molecule has 0 spiro atoms. The summed E-state index contributed by atoms with van der Waals surface area (Å²) in [5.74, 6) is 0. The molecule has 0 saturated heterocycles. The Morgan fingerprint density at radius 1 is 0.833 bits per heavy atom. The first-order valence-corrected chi connectivity index (χ1v) is 9.81. The fourth-order valence-corrected chi connectivity index (χ4v) is 4.51. The number of hydrogen-bond acceptors (Lipinski definition) is 4. The van der Waals surface area contributed by atoms with Gasteiger partial charge in [0.2, 0.25) is 0 Å². The SMILES string of the molecule is CO[Si](Cc1ccccc1)(OC)OCc1ccc2ccccc2n1. The van der Waals surface area contributed by atoms with Crippen LogP contribution in [0.4, 0.5) is 0 Å². The van der Waals surface area contributed by atoms with Crippen LogP contribution >= 0.6 is 0 Å². The number of benzene rings is 2. The van der Waals surface area contributed by atoms with Gasteiger partial charge in [-0.05, 0) is 17.7 Å². The number of fused-ring (bicyclic) bond motifs is 1. The van der Waals surface area contributed by atoms with Crippen LogP contribution in [0, 0.1) is 0 Å². The molecule has 1 aromatic heterocycles. The number of nitrogens with zero attached hydrogens (tertiary/aromatic N) is 1. The van der Waals surface area contributed by atoms with Gasteiger partial charge in [0.25, 0.3) is 0 Å². The third kappa shape index (κ3) is 3.88. The Bertz CT molecular complexity index is 791. The van der Waals surface area contributed by atoms with Crippen LogP contribution in [0.25, 0.3) is 10.9 Å². The van der Waals surface area contributed by atoms with Gasteiger partial charge in [0.05, 0.1) is 17.8 Å². The highest BCUT2D eigenvalue weighted by Crippen LogP contribution is 2.18. The van der Waals surface area contributed by atoms with Crippen molar-refractivity contribution in [3.05, 3.63) is 78.0 Å². The van der Waals surface area contributed by atoms with Crippen LogP contribution < -0.4 is 0 Å². The highest BCUT2D eigenvalue weighted by Gasteiger charge is 2.39. The van der Waals surface area contributed by atoms with Crippen molar-refractivity contribution in [3.63, 3.8) is 0 Å². The van der Waals surface area contributed by atoms with Gasteiger partial charge in [-0.15, -0.1) is 0 Å². The molecular weight excluding hydrogens is 318 g/mol. The molecule has 0 amide bonds. The minimum Gasteiger partial charge on any atom is -0.377 e. The zero-order valence-electron chi connectivity index (χ0n) is 13.9. The average molecular weight is 339 g/mol. The van der Waals surface area contributed by atoms with Crippen molar-refractivity contribution in [1.29, 1.82) is 0 Å². The van der Waals surface area contributed by atoms with Crippen LogP contribution in [-0.4, -0.2) is 28.0 Å². The molecule has 0 fully saturated rings. The molecule has 5 heteroatoms. The van der Waals surface area contributed by atoms with Crippen molar-refractivity contribution >= 4 is 19.7 Å². The van der Waals surface area contributed by atoms with Crippen LogP contribution in [0.2, 0.25) is 0 Å². The van der Waals surface area contributed by atoms with Crippen LogP contribution in [0.15, 0.2) is 66.7 Å². The molecule has 0 atom stereocenters. The van der Waals surface area contributed by atoms with Gasteiger partial charge >= 0.3 is 8.80 Å². The molecule has 4 nitrogen and oxygen atoms in total. The molecule has 124 valence electrons. The molecule has 0 aliphatic carbocycles. The number of pyridine rings is 1. The summed E-state index contributed by atoms with van der Waals surface area (Å²) in [4.78, 5) is 4.64. The van der Waals surface area contributed by atoms with Gasteiger partial charge in [-0.25, -0.2) is 0 Å². The van der Waals surface area contributed by atoms with Gasteiger partial charge in [-0.2, -0.15) is 0 Å². The maximum absolute atomic E-state index is 6.10. The maximum atomic E-state index is 6.10. The van der Waals surface area contributed by atoms with E-state index in [1.54, 1.807) is 14.2 Å². The summed E-state index contributed by atoms with van der Waals surface area (Å²) in [5.41, 5.74) is 2.97. The Morgan fingerprint density at radius 3 is 2.29 bits per heavy atom. The largest absolute Gasteiger partial charge is 0.505 e. The predicted molar refractivity (Wildman–Crippen MR) is 96.5 cm³/mol. The molecule has 2 aromatic carbocycles. The van der Waals surface area contributed by atoms with Gasteiger partial charge in [0.15, 0.2) is 0 Å². The summed E-state index contributed by atoms with van der Waals surface area (Å²) in [7, 11) is 0.516. The van der Waals surface area contributed by atoms with E-state index in [2.05, 4.69) is 23.2 Å². The predicted octanol–water partition coefficient (Wildman–Crippen LogP) is 3.77. The van der Waals surface area contributed by atoms with Crippen LogP contribution in [0.3, 0.4) is 0 Å². The fraction of sp³-hybridized carbons (Fsp3) is 0.211. The van der Waals surface area contributed by atoms with Crippen molar-refractivity contribution in [3.8, 4) is 0 Å². The summed E-state index contributed by atoms with van der Waals surface area (Å²) in [6.07, 6.45) is 0. The quantitative estimate of drug-likeness (QED) is 0.615. The molecule has 24 heavy (non-hydrogen) atoms. The monoisotopic (exact) mass is 339 g/mol. The van der Waals surface area contributed by atoms with E-state index in [4.69, 9.17) is 13.3 Å². The zero-order valence-corrected chi connectivity index (χ0v) is 14.9. The van der Waals surface area contributed by atoms with E-state index in [9.17, 15) is 0 Å². The van der Waals surface area contributed by atoms with Gasteiger partial charge in [0.1, 0.15) is 0 Å². The second-order valence-electron chi connectivity index (χ2n) is 5.54.